The number of hydrogen-bond donors (Lipinski definition) is 3. The number of oxime groups is 1. The lowest BCUT2D eigenvalue weighted by Crippen LogP contribution is -2.21. The first-order valence-electron chi connectivity index (χ1n) is 5.22. The van der Waals surface area contributed by atoms with Crippen LogP contribution in [-0.4, -0.2) is 31.1 Å². The molecule has 0 amide bonds. The molecule has 0 aliphatic carbocycles. The predicted molar refractivity (Wildman–Crippen MR) is 63.2 cm³/mol. The molecule has 4 N–H and O–H groups in total. The van der Waals surface area contributed by atoms with Crippen molar-refractivity contribution in [1.29, 1.82) is 0 Å². The summed E-state index contributed by atoms with van der Waals surface area (Å²) in [5, 5.41) is 14.1. The van der Waals surface area contributed by atoms with Crippen molar-refractivity contribution in [2.75, 3.05) is 13.7 Å². The number of halogens is 2. The molecule has 1 aromatic carbocycles. The van der Waals surface area contributed by atoms with Gasteiger partial charge in [0.25, 0.3) is 6.43 Å². The Labute approximate surface area is 103 Å². The molecule has 0 fully saturated rings. The Hall–Kier alpha value is -1.89. The molecule has 100 valence electrons. The molecular weight excluding hydrogens is 244 g/mol. The molecule has 0 saturated heterocycles. The lowest BCUT2D eigenvalue weighted by atomic mass is 10.1. The highest BCUT2D eigenvalue weighted by Crippen LogP contribution is 2.20. The second-order valence-electron chi connectivity index (χ2n) is 3.54. The van der Waals surface area contributed by atoms with Crippen molar-refractivity contribution >= 4 is 5.84 Å². The number of nitrogens with two attached hydrogens (primary N) is 1. The van der Waals surface area contributed by atoms with Crippen LogP contribution in [0.2, 0.25) is 0 Å². The van der Waals surface area contributed by atoms with E-state index in [0.717, 1.165) is 5.56 Å². The molecule has 5 nitrogen and oxygen atoms in total. The van der Waals surface area contributed by atoms with Crippen molar-refractivity contribution in [1.82, 2.24) is 5.32 Å². The zero-order chi connectivity index (χ0) is 13.5. The van der Waals surface area contributed by atoms with Crippen molar-refractivity contribution in [3.63, 3.8) is 0 Å². The van der Waals surface area contributed by atoms with Gasteiger partial charge in [0.15, 0.2) is 5.84 Å². The molecule has 0 aromatic heterocycles. The molecule has 0 saturated carbocycles. The third kappa shape index (κ3) is 3.85. The minimum atomic E-state index is -2.39. The summed E-state index contributed by atoms with van der Waals surface area (Å²) >= 11 is 0. The van der Waals surface area contributed by atoms with Crippen LogP contribution in [0.25, 0.3) is 0 Å². The molecule has 0 heterocycles. The van der Waals surface area contributed by atoms with E-state index in [-0.39, 0.29) is 18.9 Å². The van der Waals surface area contributed by atoms with E-state index in [2.05, 4.69) is 10.5 Å². The number of hydrogen-bond acceptors (Lipinski definition) is 4. The maximum Gasteiger partial charge on any atom is 0.250 e. The molecule has 7 heteroatoms. The van der Waals surface area contributed by atoms with E-state index in [1.54, 1.807) is 18.2 Å². The number of benzene rings is 1. The highest BCUT2D eigenvalue weighted by molar-refractivity contribution is 5.99. The van der Waals surface area contributed by atoms with Crippen molar-refractivity contribution in [2.45, 2.75) is 13.0 Å². The van der Waals surface area contributed by atoms with Crippen LogP contribution in [0, 0.1) is 0 Å². The molecule has 0 aliphatic rings. The van der Waals surface area contributed by atoms with Gasteiger partial charge in [-0.3, -0.25) is 0 Å². The molecule has 0 atom stereocenters. The standard InChI is InChI=1S/C11H15F2N3O2/c1-18-9-4-7(5-15-6-10(12)13)2-3-8(9)11(14)16-17/h2-4,10,15,17H,5-6H2,1H3,(H2,14,16). The number of nitrogens with zero attached hydrogens (tertiary/aromatic N) is 1. The zero-order valence-electron chi connectivity index (χ0n) is 9.86. The SMILES string of the molecule is COc1cc(CNCC(F)F)ccc1/C(N)=N/O. The number of amidine groups is 1. The first-order chi connectivity index (χ1) is 8.58. The van der Waals surface area contributed by atoms with Crippen LogP contribution in [0.3, 0.4) is 0 Å². The number of rotatable bonds is 6. The van der Waals surface area contributed by atoms with E-state index in [1.165, 1.54) is 7.11 Å². The summed E-state index contributed by atoms with van der Waals surface area (Å²) < 4.78 is 29.0. The van der Waals surface area contributed by atoms with Gasteiger partial charge in [0, 0.05) is 6.54 Å². The summed E-state index contributed by atoms with van der Waals surface area (Å²) in [5.41, 5.74) is 6.67. The van der Waals surface area contributed by atoms with Crippen molar-refractivity contribution in [3.05, 3.63) is 29.3 Å². The second kappa shape index (κ2) is 6.75. The summed E-state index contributed by atoms with van der Waals surface area (Å²) in [4.78, 5) is 0. The fourth-order valence-electron chi connectivity index (χ4n) is 1.44. The predicted octanol–water partition coefficient (Wildman–Crippen LogP) is 1.14. The van der Waals surface area contributed by atoms with Crippen LogP contribution in [0.5, 0.6) is 5.75 Å². The quantitative estimate of drug-likeness (QED) is 0.310. The van der Waals surface area contributed by atoms with E-state index in [1.807, 2.05) is 0 Å². The van der Waals surface area contributed by atoms with Crippen LogP contribution < -0.4 is 15.8 Å². The normalized spacial score (nSPS) is 11.9. The van der Waals surface area contributed by atoms with Gasteiger partial charge in [-0.05, 0) is 17.7 Å². The molecule has 18 heavy (non-hydrogen) atoms. The molecule has 0 aliphatic heterocycles. The van der Waals surface area contributed by atoms with Crippen molar-refractivity contribution < 1.29 is 18.7 Å². The van der Waals surface area contributed by atoms with Gasteiger partial charge in [-0.2, -0.15) is 0 Å². The molecule has 1 aromatic rings. The number of alkyl halides is 2. The van der Waals surface area contributed by atoms with E-state index < -0.39 is 6.43 Å². The van der Waals surface area contributed by atoms with E-state index in [4.69, 9.17) is 15.7 Å². The fourth-order valence-corrected chi connectivity index (χ4v) is 1.44. The topological polar surface area (TPSA) is 79.9 Å². The third-order valence-electron chi connectivity index (χ3n) is 2.28. The summed E-state index contributed by atoms with van der Waals surface area (Å²) in [6, 6.07) is 4.94. The average molecular weight is 259 g/mol. The van der Waals surface area contributed by atoms with Crippen LogP contribution in [-0.2, 0) is 6.54 Å². The van der Waals surface area contributed by atoms with Gasteiger partial charge in [0.1, 0.15) is 5.75 Å². The van der Waals surface area contributed by atoms with Crippen molar-refractivity contribution in [3.8, 4) is 5.75 Å². The van der Waals surface area contributed by atoms with Gasteiger partial charge < -0.3 is 21.0 Å². The van der Waals surface area contributed by atoms with Gasteiger partial charge in [0.05, 0.1) is 19.2 Å². The van der Waals surface area contributed by atoms with Crippen LogP contribution in [0.4, 0.5) is 8.78 Å². The maximum atomic E-state index is 12.0. The fraction of sp³-hybridized carbons (Fsp3) is 0.364. The Morgan fingerprint density at radius 3 is 2.83 bits per heavy atom. The summed E-state index contributed by atoms with van der Waals surface area (Å²) in [6.07, 6.45) is -2.39. The lowest BCUT2D eigenvalue weighted by molar-refractivity contribution is 0.145. The monoisotopic (exact) mass is 259 g/mol. The average Bonchev–Trinajstić information content (AvgIpc) is 2.37. The summed E-state index contributed by atoms with van der Waals surface area (Å²) in [6.45, 7) is -0.0819. The lowest BCUT2D eigenvalue weighted by Gasteiger charge is -2.10. The van der Waals surface area contributed by atoms with E-state index in [0.29, 0.717) is 11.3 Å². The van der Waals surface area contributed by atoms with Crippen molar-refractivity contribution in [2.24, 2.45) is 10.9 Å². The van der Waals surface area contributed by atoms with Gasteiger partial charge >= 0.3 is 0 Å². The smallest absolute Gasteiger partial charge is 0.250 e. The minimum Gasteiger partial charge on any atom is -0.496 e. The van der Waals surface area contributed by atoms with Crippen LogP contribution in [0.15, 0.2) is 23.4 Å². The Morgan fingerprint density at radius 1 is 1.56 bits per heavy atom. The Balaban J connectivity index is 2.79. The van der Waals surface area contributed by atoms with Crippen LogP contribution >= 0.6 is 0 Å². The molecule has 0 unspecified atom stereocenters. The van der Waals surface area contributed by atoms with Gasteiger partial charge in [-0.1, -0.05) is 11.2 Å². The first-order valence-corrected chi connectivity index (χ1v) is 5.22. The van der Waals surface area contributed by atoms with Gasteiger partial charge in [-0.25, -0.2) is 8.78 Å². The van der Waals surface area contributed by atoms with Gasteiger partial charge in [-0.15, -0.1) is 0 Å². The Morgan fingerprint density at radius 2 is 2.28 bits per heavy atom. The Kier molecular flexibility index (Phi) is 5.31. The zero-order valence-corrected chi connectivity index (χ0v) is 9.86. The van der Waals surface area contributed by atoms with E-state index >= 15 is 0 Å². The van der Waals surface area contributed by atoms with E-state index in [9.17, 15) is 8.78 Å². The maximum absolute atomic E-state index is 12.0. The summed E-state index contributed by atoms with van der Waals surface area (Å²) in [5.74, 6) is 0.348. The first kappa shape index (κ1) is 14.2. The third-order valence-corrected chi connectivity index (χ3v) is 2.28. The largest absolute Gasteiger partial charge is 0.496 e. The number of ether oxygens (including phenoxy) is 1. The number of methoxy groups -OCH3 is 1. The van der Waals surface area contributed by atoms with Crippen LogP contribution in [0.1, 0.15) is 11.1 Å². The highest BCUT2D eigenvalue weighted by Gasteiger charge is 2.09. The Bertz CT molecular complexity index is 425. The molecular formula is C11H15F2N3O2. The molecule has 0 radical (unpaired) electrons. The molecule has 0 bridgehead atoms. The second-order valence-corrected chi connectivity index (χ2v) is 3.54. The summed E-state index contributed by atoms with van der Waals surface area (Å²) in [7, 11) is 1.44. The molecule has 0 spiro atoms. The minimum absolute atomic E-state index is 0.0704. The highest BCUT2D eigenvalue weighted by atomic mass is 19.3. The molecule has 1 rings (SSSR count). The number of nitrogens with one attached hydrogen (secondary N) is 1. The van der Waals surface area contributed by atoms with Gasteiger partial charge in [0.2, 0.25) is 0 Å².